The van der Waals surface area contributed by atoms with Crippen molar-refractivity contribution in [3.8, 4) is 11.8 Å². The topological polar surface area (TPSA) is 69.9 Å². The summed E-state index contributed by atoms with van der Waals surface area (Å²) in [6, 6.07) is 17.2. The SMILES string of the molecule is CCCCc1ccc(C#Cc2ccc(CCCCCCCN=C3C=C(C(=O)O)C(O)=CC3)cc2)cc1. The Morgan fingerprint density at radius 1 is 0.833 bits per heavy atom. The van der Waals surface area contributed by atoms with E-state index in [0.29, 0.717) is 13.0 Å². The minimum absolute atomic E-state index is 0.0764. The minimum Gasteiger partial charge on any atom is -0.507 e. The highest BCUT2D eigenvalue weighted by Crippen LogP contribution is 2.16. The van der Waals surface area contributed by atoms with Gasteiger partial charge in [0, 0.05) is 29.8 Å². The molecule has 0 atom stereocenters. The molecule has 1 aliphatic rings. The zero-order chi connectivity index (χ0) is 25.6. The predicted molar refractivity (Wildman–Crippen MR) is 148 cm³/mol. The van der Waals surface area contributed by atoms with Gasteiger partial charge in [0.05, 0.1) is 0 Å². The molecule has 0 heterocycles. The summed E-state index contributed by atoms with van der Waals surface area (Å²) in [4.78, 5) is 15.6. The quantitative estimate of drug-likeness (QED) is 0.247. The van der Waals surface area contributed by atoms with Gasteiger partial charge in [-0.05, 0) is 79.6 Å². The predicted octanol–water partition coefficient (Wildman–Crippen LogP) is 7.22. The number of aliphatic hydroxyl groups excluding tert-OH is 1. The first-order chi connectivity index (χ1) is 17.5. The molecule has 0 bridgehead atoms. The van der Waals surface area contributed by atoms with E-state index >= 15 is 0 Å². The zero-order valence-corrected chi connectivity index (χ0v) is 21.3. The van der Waals surface area contributed by atoms with Crippen LogP contribution in [0.25, 0.3) is 0 Å². The number of carboxylic acid groups (broad SMARTS) is 1. The van der Waals surface area contributed by atoms with Crippen molar-refractivity contribution in [3.05, 3.63) is 94.3 Å². The molecule has 2 N–H and O–H groups in total. The normalized spacial score (nSPS) is 14.1. The summed E-state index contributed by atoms with van der Waals surface area (Å²) in [5.41, 5.74) is 5.48. The van der Waals surface area contributed by atoms with Gasteiger partial charge in [0.15, 0.2) is 0 Å². The van der Waals surface area contributed by atoms with E-state index in [4.69, 9.17) is 5.11 Å². The molecule has 0 saturated heterocycles. The molecule has 3 rings (SSSR count). The van der Waals surface area contributed by atoms with E-state index in [-0.39, 0.29) is 11.3 Å². The van der Waals surface area contributed by atoms with E-state index in [9.17, 15) is 9.90 Å². The molecule has 1 aliphatic carbocycles. The Morgan fingerprint density at radius 2 is 1.39 bits per heavy atom. The number of carbonyl (C=O) groups is 1. The van der Waals surface area contributed by atoms with Crippen LogP contribution in [0.2, 0.25) is 0 Å². The number of aliphatic hydroxyl groups is 1. The molecule has 188 valence electrons. The molecule has 36 heavy (non-hydrogen) atoms. The number of unbranched alkanes of at least 4 members (excludes halogenated alkanes) is 5. The third kappa shape index (κ3) is 9.23. The number of hydrogen-bond acceptors (Lipinski definition) is 3. The second-order valence-corrected chi connectivity index (χ2v) is 9.29. The first-order valence-corrected chi connectivity index (χ1v) is 13.1. The van der Waals surface area contributed by atoms with Crippen LogP contribution in [-0.4, -0.2) is 28.4 Å². The standard InChI is InChI=1S/C32H37NO3/c1-2-3-9-25-11-15-27(16-12-25)19-20-28-17-13-26(14-18-28)10-7-5-4-6-8-23-33-29-21-22-31(34)30(24-29)32(35)36/h11-18,22,24,34H,2-10,21,23H2,1H3,(H,35,36). The minimum atomic E-state index is -1.12. The van der Waals surface area contributed by atoms with Crippen molar-refractivity contribution >= 4 is 11.7 Å². The Balaban J connectivity index is 1.31. The molecule has 0 radical (unpaired) electrons. The summed E-state index contributed by atoms with van der Waals surface area (Å²) in [7, 11) is 0. The van der Waals surface area contributed by atoms with Crippen LogP contribution in [0.3, 0.4) is 0 Å². The van der Waals surface area contributed by atoms with E-state index in [1.54, 1.807) is 0 Å². The van der Waals surface area contributed by atoms with Crippen LogP contribution < -0.4 is 0 Å². The third-order valence-corrected chi connectivity index (χ3v) is 6.34. The fraction of sp³-hybridized carbons (Fsp3) is 0.375. The maximum atomic E-state index is 11.1. The average Bonchev–Trinajstić information content (AvgIpc) is 2.89. The summed E-state index contributed by atoms with van der Waals surface area (Å²) < 4.78 is 0. The number of rotatable bonds is 12. The first-order valence-electron chi connectivity index (χ1n) is 13.1. The molecule has 0 amide bonds. The number of allylic oxidation sites excluding steroid dienone is 2. The Kier molecular flexibility index (Phi) is 11.1. The Bertz CT molecular complexity index is 1140. The summed E-state index contributed by atoms with van der Waals surface area (Å²) in [6.45, 7) is 2.91. The molecule has 2 aromatic rings. The second-order valence-electron chi connectivity index (χ2n) is 9.29. The largest absolute Gasteiger partial charge is 0.507 e. The van der Waals surface area contributed by atoms with Crippen LogP contribution in [0.5, 0.6) is 0 Å². The number of carboxylic acids is 1. The summed E-state index contributed by atoms with van der Waals surface area (Å²) in [5.74, 6) is 5.24. The molecule has 4 nitrogen and oxygen atoms in total. The van der Waals surface area contributed by atoms with E-state index < -0.39 is 5.97 Å². The van der Waals surface area contributed by atoms with Gasteiger partial charge in [-0.3, -0.25) is 4.99 Å². The highest BCUT2D eigenvalue weighted by Gasteiger charge is 2.17. The number of aliphatic imine (C=N–C) groups is 1. The highest BCUT2D eigenvalue weighted by atomic mass is 16.4. The third-order valence-electron chi connectivity index (χ3n) is 6.34. The summed E-state index contributed by atoms with van der Waals surface area (Å²) >= 11 is 0. The van der Waals surface area contributed by atoms with Crippen LogP contribution >= 0.6 is 0 Å². The molecule has 4 heteroatoms. The fourth-order valence-corrected chi connectivity index (χ4v) is 4.12. The van der Waals surface area contributed by atoms with Crippen molar-refractivity contribution in [2.75, 3.05) is 6.54 Å². The van der Waals surface area contributed by atoms with Crippen molar-refractivity contribution in [2.45, 2.75) is 71.1 Å². The smallest absolute Gasteiger partial charge is 0.339 e. The maximum Gasteiger partial charge on any atom is 0.339 e. The molecular weight excluding hydrogens is 446 g/mol. The Hall–Kier alpha value is -3.58. The van der Waals surface area contributed by atoms with Crippen molar-refractivity contribution in [3.63, 3.8) is 0 Å². The Morgan fingerprint density at radius 3 is 1.97 bits per heavy atom. The van der Waals surface area contributed by atoms with Gasteiger partial charge < -0.3 is 10.2 Å². The molecule has 0 aromatic heterocycles. The van der Waals surface area contributed by atoms with Gasteiger partial charge in [-0.2, -0.15) is 0 Å². The number of benzene rings is 2. The molecule has 0 spiro atoms. The lowest BCUT2D eigenvalue weighted by Crippen LogP contribution is -2.11. The summed E-state index contributed by atoms with van der Waals surface area (Å²) in [6.07, 6.45) is 13.8. The highest BCUT2D eigenvalue weighted by molar-refractivity contribution is 6.06. The summed E-state index contributed by atoms with van der Waals surface area (Å²) in [5, 5.41) is 18.7. The average molecular weight is 484 g/mol. The van der Waals surface area contributed by atoms with Crippen LogP contribution in [0.1, 0.15) is 80.5 Å². The Labute approximate surface area is 215 Å². The maximum absolute atomic E-state index is 11.1. The first kappa shape index (κ1) is 27.0. The lowest BCUT2D eigenvalue weighted by molar-refractivity contribution is -0.132. The molecule has 0 aliphatic heterocycles. The molecule has 2 aromatic carbocycles. The van der Waals surface area contributed by atoms with Gasteiger partial charge in [0.2, 0.25) is 0 Å². The van der Waals surface area contributed by atoms with Gasteiger partial charge in [0.25, 0.3) is 0 Å². The van der Waals surface area contributed by atoms with E-state index in [1.165, 1.54) is 55.4 Å². The lowest BCUT2D eigenvalue weighted by Gasteiger charge is -2.09. The van der Waals surface area contributed by atoms with Gasteiger partial charge in [-0.25, -0.2) is 4.79 Å². The van der Waals surface area contributed by atoms with Gasteiger partial charge in [-0.15, -0.1) is 0 Å². The van der Waals surface area contributed by atoms with Crippen LogP contribution in [0, 0.1) is 11.8 Å². The van der Waals surface area contributed by atoms with Crippen molar-refractivity contribution in [1.82, 2.24) is 0 Å². The van der Waals surface area contributed by atoms with E-state index in [0.717, 1.165) is 42.5 Å². The molecule has 0 saturated carbocycles. The van der Waals surface area contributed by atoms with Crippen molar-refractivity contribution < 1.29 is 15.0 Å². The second kappa shape index (κ2) is 14.7. The van der Waals surface area contributed by atoms with Gasteiger partial charge >= 0.3 is 5.97 Å². The number of aliphatic carboxylic acids is 1. The zero-order valence-electron chi connectivity index (χ0n) is 21.3. The van der Waals surface area contributed by atoms with E-state index in [1.807, 2.05) is 0 Å². The monoisotopic (exact) mass is 483 g/mol. The number of aryl methyl sites for hydroxylation is 2. The molecular formula is C32H37NO3. The van der Waals surface area contributed by atoms with E-state index in [2.05, 4.69) is 72.3 Å². The van der Waals surface area contributed by atoms with Gasteiger partial charge in [-0.1, -0.05) is 68.7 Å². The lowest BCUT2D eigenvalue weighted by atomic mass is 10.0. The van der Waals surface area contributed by atoms with Crippen molar-refractivity contribution in [2.24, 2.45) is 4.99 Å². The van der Waals surface area contributed by atoms with Crippen LogP contribution in [0.15, 0.2) is 77.0 Å². The number of nitrogens with zero attached hydrogens (tertiary/aromatic N) is 1. The van der Waals surface area contributed by atoms with Crippen LogP contribution in [-0.2, 0) is 17.6 Å². The fourth-order valence-electron chi connectivity index (χ4n) is 4.12. The molecule has 0 fully saturated rings. The molecule has 0 unspecified atom stereocenters. The van der Waals surface area contributed by atoms with Gasteiger partial charge in [0.1, 0.15) is 11.3 Å². The van der Waals surface area contributed by atoms with Crippen molar-refractivity contribution in [1.29, 1.82) is 0 Å². The van der Waals surface area contributed by atoms with Crippen LogP contribution in [0.4, 0.5) is 0 Å². The number of hydrogen-bond donors (Lipinski definition) is 2.